The minimum absolute atomic E-state index is 0.0805. The van der Waals surface area contributed by atoms with Crippen LogP contribution in [0, 0.1) is 13.8 Å². The van der Waals surface area contributed by atoms with Crippen molar-refractivity contribution in [3.05, 3.63) is 64.7 Å². The molecule has 0 amide bonds. The van der Waals surface area contributed by atoms with Crippen molar-refractivity contribution < 1.29 is 24.2 Å². The van der Waals surface area contributed by atoms with Crippen molar-refractivity contribution >= 4 is 17.8 Å². The minimum Gasteiger partial charge on any atom is -0.507 e. The van der Waals surface area contributed by atoms with Crippen LogP contribution >= 0.6 is 0 Å². The zero-order chi connectivity index (χ0) is 19.1. The maximum atomic E-state index is 12.0. The predicted molar refractivity (Wildman–Crippen MR) is 99.3 cm³/mol. The van der Waals surface area contributed by atoms with E-state index in [-0.39, 0.29) is 30.5 Å². The molecule has 2 aromatic rings. The van der Waals surface area contributed by atoms with Crippen LogP contribution in [0.2, 0.25) is 0 Å². The van der Waals surface area contributed by atoms with Crippen molar-refractivity contribution in [3.63, 3.8) is 0 Å². The van der Waals surface area contributed by atoms with Crippen molar-refractivity contribution in [2.75, 3.05) is 13.7 Å². The SMILES string of the molecule is COC(=O)Cc1ccc(OCC(=O)/C=C/c2cc(C)c(O)c(C)c2)cc1. The summed E-state index contributed by atoms with van der Waals surface area (Å²) in [6, 6.07) is 10.6. The van der Waals surface area contributed by atoms with Gasteiger partial charge in [-0.3, -0.25) is 9.59 Å². The van der Waals surface area contributed by atoms with E-state index >= 15 is 0 Å². The summed E-state index contributed by atoms with van der Waals surface area (Å²) in [5.74, 6) is 0.342. The summed E-state index contributed by atoms with van der Waals surface area (Å²) < 4.78 is 10.1. The summed E-state index contributed by atoms with van der Waals surface area (Å²) in [6.45, 7) is 3.55. The van der Waals surface area contributed by atoms with Gasteiger partial charge in [-0.25, -0.2) is 0 Å². The molecule has 0 fully saturated rings. The van der Waals surface area contributed by atoms with Gasteiger partial charge >= 0.3 is 5.97 Å². The number of hydrogen-bond acceptors (Lipinski definition) is 5. The second-order valence-corrected chi connectivity index (χ2v) is 5.99. The summed E-state index contributed by atoms with van der Waals surface area (Å²) in [6.07, 6.45) is 3.35. The number of benzene rings is 2. The second kappa shape index (κ2) is 8.85. The Morgan fingerprint density at radius 3 is 2.27 bits per heavy atom. The predicted octanol–water partition coefficient (Wildman–Crippen LogP) is 3.39. The van der Waals surface area contributed by atoms with Crippen LogP contribution in [-0.2, 0) is 20.7 Å². The molecule has 0 atom stereocenters. The van der Waals surface area contributed by atoms with Crippen molar-refractivity contribution in [2.45, 2.75) is 20.3 Å². The van der Waals surface area contributed by atoms with E-state index in [1.54, 1.807) is 30.3 Å². The monoisotopic (exact) mass is 354 g/mol. The molecule has 0 bridgehead atoms. The second-order valence-electron chi connectivity index (χ2n) is 5.99. The van der Waals surface area contributed by atoms with Crippen LogP contribution in [0.3, 0.4) is 0 Å². The molecule has 26 heavy (non-hydrogen) atoms. The first-order valence-corrected chi connectivity index (χ1v) is 8.18. The number of esters is 1. The molecule has 0 spiro atoms. The number of hydrogen-bond donors (Lipinski definition) is 1. The Balaban J connectivity index is 1.89. The third-order valence-corrected chi connectivity index (χ3v) is 3.86. The van der Waals surface area contributed by atoms with Gasteiger partial charge in [-0.05, 0) is 66.4 Å². The molecule has 0 aliphatic carbocycles. The molecule has 5 heteroatoms. The number of aromatic hydroxyl groups is 1. The summed E-state index contributed by atoms with van der Waals surface area (Å²) in [5, 5.41) is 9.76. The molecule has 0 radical (unpaired) electrons. The summed E-state index contributed by atoms with van der Waals surface area (Å²) >= 11 is 0. The van der Waals surface area contributed by atoms with Crippen LogP contribution < -0.4 is 4.74 Å². The van der Waals surface area contributed by atoms with E-state index in [4.69, 9.17) is 4.74 Å². The van der Waals surface area contributed by atoms with Gasteiger partial charge in [0.1, 0.15) is 11.5 Å². The normalized spacial score (nSPS) is 10.7. The number of rotatable bonds is 7. The van der Waals surface area contributed by atoms with E-state index in [1.807, 2.05) is 26.0 Å². The van der Waals surface area contributed by atoms with Crippen LogP contribution in [0.15, 0.2) is 42.5 Å². The van der Waals surface area contributed by atoms with Crippen molar-refractivity contribution in [1.29, 1.82) is 0 Å². The van der Waals surface area contributed by atoms with E-state index in [0.717, 1.165) is 22.3 Å². The molecular formula is C21H22O5. The highest BCUT2D eigenvalue weighted by Crippen LogP contribution is 2.23. The van der Waals surface area contributed by atoms with E-state index in [2.05, 4.69) is 4.74 Å². The van der Waals surface area contributed by atoms with Crippen LogP contribution in [0.5, 0.6) is 11.5 Å². The summed E-state index contributed by atoms with van der Waals surface area (Å²) in [5.41, 5.74) is 3.19. The summed E-state index contributed by atoms with van der Waals surface area (Å²) in [4.78, 5) is 23.2. The lowest BCUT2D eigenvalue weighted by Crippen LogP contribution is -2.08. The number of aryl methyl sites for hydroxylation is 2. The Hall–Kier alpha value is -3.08. The number of ether oxygens (including phenoxy) is 2. The molecule has 136 valence electrons. The number of phenols is 1. The molecule has 5 nitrogen and oxygen atoms in total. The minimum atomic E-state index is -0.307. The van der Waals surface area contributed by atoms with E-state index in [9.17, 15) is 14.7 Å². The van der Waals surface area contributed by atoms with Gasteiger partial charge < -0.3 is 14.6 Å². The summed E-state index contributed by atoms with van der Waals surface area (Å²) in [7, 11) is 1.35. The molecule has 0 aliphatic heterocycles. The average Bonchev–Trinajstić information content (AvgIpc) is 2.63. The molecule has 0 aliphatic rings. The van der Waals surface area contributed by atoms with Gasteiger partial charge in [-0.15, -0.1) is 0 Å². The van der Waals surface area contributed by atoms with Gasteiger partial charge in [0, 0.05) is 0 Å². The van der Waals surface area contributed by atoms with Crippen LogP contribution in [-0.4, -0.2) is 30.6 Å². The zero-order valence-corrected chi connectivity index (χ0v) is 15.1. The van der Waals surface area contributed by atoms with Gasteiger partial charge in [0.2, 0.25) is 0 Å². The van der Waals surface area contributed by atoms with Crippen LogP contribution in [0.1, 0.15) is 22.3 Å². The first kappa shape index (κ1) is 19.2. The molecule has 0 saturated heterocycles. The molecule has 2 aromatic carbocycles. The standard InChI is InChI=1S/C21H22O5/c1-14-10-17(11-15(2)21(14)24)4-7-18(22)13-26-19-8-5-16(6-9-19)12-20(23)25-3/h4-11,24H,12-13H2,1-3H3/b7-4+. The van der Waals surface area contributed by atoms with E-state index in [1.165, 1.54) is 13.2 Å². The first-order chi connectivity index (χ1) is 12.4. The molecule has 0 unspecified atom stereocenters. The van der Waals surface area contributed by atoms with Crippen molar-refractivity contribution in [3.8, 4) is 11.5 Å². The number of methoxy groups -OCH3 is 1. The fraction of sp³-hybridized carbons (Fsp3) is 0.238. The van der Waals surface area contributed by atoms with Gasteiger partial charge in [-0.1, -0.05) is 18.2 Å². The highest BCUT2D eigenvalue weighted by Gasteiger charge is 2.05. The quantitative estimate of drug-likeness (QED) is 0.609. The first-order valence-electron chi connectivity index (χ1n) is 8.18. The van der Waals surface area contributed by atoms with Crippen molar-refractivity contribution in [1.82, 2.24) is 0 Å². The largest absolute Gasteiger partial charge is 0.507 e. The third kappa shape index (κ3) is 5.48. The Morgan fingerprint density at radius 2 is 1.69 bits per heavy atom. The highest BCUT2D eigenvalue weighted by molar-refractivity contribution is 5.94. The fourth-order valence-electron chi connectivity index (χ4n) is 2.42. The zero-order valence-electron chi connectivity index (χ0n) is 15.1. The molecule has 1 N–H and O–H groups in total. The Labute approximate surface area is 152 Å². The van der Waals surface area contributed by atoms with Gasteiger partial charge in [0.25, 0.3) is 0 Å². The lowest BCUT2D eigenvalue weighted by atomic mass is 10.1. The number of carbonyl (C=O) groups excluding carboxylic acids is 2. The third-order valence-electron chi connectivity index (χ3n) is 3.86. The topological polar surface area (TPSA) is 72.8 Å². The molecule has 0 heterocycles. The maximum Gasteiger partial charge on any atom is 0.309 e. The smallest absolute Gasteiger partial charge is 0.309 e. The molecule has 2 rings (SSSR count). The average molecular weight is 354 g/mol. The number of carbonyl (C=O) groups is 2. The van der Waals surface area contributed by atoms with Crippen molar-refractivity contribution in [2.24, 2.45) is 0 Å². The fourth-order valence-corrected chi connectivity index (χ4v) is 2.42. The number of ketones is 1. The molecular weight excluding hydrogens is 332 g/mol. The van der Waals surface area contributed by atoms with Gasteiger partial charge in [0.15, 0.2) is 12.4 Å². The number of phenolic OH excluding ortho intramolecular Hbond substituents is 1. The Morgan fingerprint density at radius 1 is 1.08 bits per heavy atom. The Bertz CT molecular complexity index is 796. The van der Waals surface area contributed by atoms with Gasteiger partial charge in [0.05, 0.1) is 13.5 Å². The molecule has 0 saturated carbocycles. The maximum absolute atomic E-state index is 12.0. The van der Waals surface area contributed by atoms with Crippen LogP contribution in [0.4, 0.5) is 0 Å². The van der Waals surface area contributed by atoms with E-state index in [0.29, 0.717) is 5.75 Å². The van der Waals surface area contributed by atoms with Gasteiger partial charge in [-0.2, -0.15) is 0 Å². The lowest BCUT2D eigenvalue weighted by Gasteiger charge is -2.06. The Kier molecular flexibility index (Phi) is 6.55. The molecule has 0 aromatic heterocycles. The lowest BCUT2D eigenvalue weighted by molar-refractivity contribution is -0.139. The van der Waals surface area contributed by atoms with E-state index < -0.39 is 0 Å². The van der Waals surface area contributed by atoms with Crippen LogP contribution in [0.25, 0.3) is 6.08 Å². The highest BCUT2D eigenvalue weighted by atomic mass is 16.5.